The highest BCUT2D eigenvalue weighted by molar-refractivity contribution is 6.04. The predicted molar refractivity (Wildman–Crippen MR) is 119 cm³/mol. The molecule has 1 aliphatic heterocycles. The number of nitrogens with zero attached hydrogens (tertiary/aromatic N) is 5. The van der Waals surface area contributed by atoms with Crippen LogP contribution in [0.25, 0.3) is 33.4 Å². The summed E-state index contributed by atoms with van der Waals surface area (Å²) in [5, 5.41) is 8.17. The quantitative estimate of drug-likeness (QED) is 0.543. The zero-order valence-corrected chi connectivity index (χ0v) is 17.8. The lowest BCUT2D eigenvalue weighted by molar-refractivity contribution is 0.0986. The fourth-order valence-corrected chi connectivity index (χ4v) is 4.16. The molecule has 0 amide bonds. The van der Waals surface area contributed by atoms with Crippen LogP contribution in [0.3, 0.4) is 0 Å². The molecular formula is C23H24N6O2. The summed E-state index contributed by atoms with van der Waals surface area (Å²) >= 11 is 0. The highest BCUT2D eigenvalue weighted by Crippen LogP contribution is 2.39. The van der Waals surface area contributed by atoms with Crippen LogP contribution in [-0.4, -0.2) is 58.1 Å². The largest absolute Gasteiger partial charge is 0.481 e. The highest BCUT2D eigenvalue weighted by atomic mass is 16.5. The van der Waals surface area contributed by atoms with Crippen molar-refractivity contribution in [2.24, 2.45) is 0 Å². The van der Waals surface area contributed by atoms with Crippen molar-refractivity contribution in [3.05, 3.63) is 48.4 Å². The van der Waals surface area contributed by atoms with Crippen molar-refractivity contribution < 1.29 is 9.47 Å². The van der Waals surface area contributed by atoms with Crippen molar-refractivity contribution in [2.75, 3.05) is 31.8 Å². The molecule has 0 saturated carbocycles. The number of nitrogens with one attached hydrogen (secondary N) is 1. The van der Waals surface area contributed by atoms with Crippen LogP contribution in [0.15, 0.2) is 42.9 Å². The molecule has 1 aliphatic rings. The van der Waals surface area contributed by atoms with E-state index in [1.165, 1.54) is 0 Å². The van der Waals surface area contributed by atoms with Gasteiger partial charge in [-0.05, 0) is 43.7 Å². The molecule has 158 valence electrons. The minimum atomic E-state index is 0.218. The van der Waals surface area contributed by atoms with Gasteiger partial charge in [0.1, 0.15) is 17.0 Å². The Hall–Kier alpha value is -3.52. The number of aryl methyl sites for hydroxylation is 1. The predicted octanol–water partition coefficient (Wildman–Crippen LogP) is 3.62. The summed E-state index contributed by atoms with van der Waals surface area (Å²) in [5.41, 5.74) is 5.39. The normalized spacial score (nSPS) is 16.6. The van der Waals surface area contributed by atoms with Gasteiger partial charge in [0.05, 0.1) is 32.1 Å². The number of ether oxygens (including phenoxy) is 2. The van der Waals surface area contributed by atoms with Crippen LogP contribution >= 0.6 is 0 Å². The molecule has 0 spiro atoms. The Bertz CT molecular complexity index is 1220. The SMILES string of the molecule is COc1ncccc1-c1cc(N2CCOCC2C)nc2c(-c3ccn[nH]3)ncc(C)c12. The molecule has 8 heteroatoms. The summed E-state index contributed by atoms with van der Waals surface area (Å²) in [4.78, 5) is 16.5. The van der Waals surface area contributed by atoms with Crippen LogP contribution in [-0.2, 0) is 4.74 Å². The standard InChI is InChI=1S/C23H24N6O2/c1-14-12-25-21(18-6-8-26-28-18)22-20(14)17(16-5-4-7-24-23(16)30-3)11-19(27-22)29-9-10-31-13-15(29)2/h4-8,11-12,15H,9-10,13H2,1-3H3,(H,26,28). The van der Waals surface area contributed by atoms with Crippen LogP contribution in [0.4, 0.5) is 5.82 Å². The molecule has 5 rings (SSSR count). The lowest BCUT2D eigenvalue weighted by Crippen LogP contribution is -2.44. The molecule has 1 atom stereocenters. The number of rotatable bonds is 4. The van der Waals surface area contributed by atoms with Gasteiger partial charge >= 0.3 is 0 Å². The number of methoxy groups -OCH3 is 1. The first-order chi connectivity index (χ1) is 15.2. The fraction of sp³-hybridized carbons (Fsp3) is 0.304. The average Bonchev–Trinajstić information content (AvgIpc) is 3.33. The van der Waals surface area contributed by atoms with Crippen LogP contribution in [0.5, 0.6) is 5.88 Å². The minimum absolute atomic E-state index is 0.218. The minimum Gasteiger partial charge on any atom is -0.481 e. The summed E-state index contributed by atoms with van der Waals surface area (Å²) < 4.78 is 11.2. The van der Waals surface area contributed by atoms with Crippen molar-refractivity contribution in [1.82, 2.24) is 25.1 Å². The second-order valence-corrected chi connectivity index (χ2v) is 7.69. The van der Waals surface area contributed by atoms with E-state index in [9.17, 15) is 0 Å². The number of morpholine rings is 1. The van der Waals surface area contributed by atoms with Gasteiger partial charge in [-0.25, -0.2) is 9.97 Å². The second-order valence-electron chi connectivity index (χ2n) is 7.69. The van der Waals surface area contributed by atoms with E-state index in [0.717, 1.165) is 51.3 Å². The Balaban J connectivity index is 1.85. The van der Waals surface area contributed by atoms with Gasteiger partial charge in [0.2, 0.25) is 5.88 Å². The molecule has 4 aromatic heterocycles. The number of fused-ring (bicyclic) bond motifs is 1. The van der Waals surface area contributed by atoms with Gasteiger partial charge in [-0.1, -0.05) is 0 Å². The molecule has 0 aromatic carbocycles. The number of H-pyrrole nitrogens is 1. The third-order valence-corrected chi connectivity index (χ3v) is 5.68. The Labute approximate surface area is 180 Å². The van der Waals surface area contributed by atoms with Crippen LogP contribution < -0.4 is 9.64 Å². The fourth-order valence-electron chi connectivity index (χ4n) is 4.16. The van der Waals surface area contributed by atoms with Gasteiger partial charge in [0.15, 0.2) is 0 Å². The van der Waals surface area contributed by atoms with E-state index in [2.05, 4.69) is 40.0 Å². The van der Waals surface area contributed by atoms with E-state index >= 15 is 0 Å². The van der Waals surface area contributed by atoms with Crippen molar-refractivity contribution in [2.45, 2.75) is 19.9 Å². The zero-order valence-electron chi connectivity index (χ0n) is 17.8. The molecule has 1 fully saturated rings. The van der Waals surface area contributed by atoms with Gasteiger partial charge in [-0.3, -0.25) is 10.1 Å². The summed E-state index contributed by atoms with van der Waals surface area (Å²) in [7, 11) is 1.64. The highest BCUT2D eigenvalue weighted by Gasteiger charge is 2.24. The van der Waals surface area contributed by atoms with E-state index in [0.29, 0.717) is 19.1 Å². The number of aromatic amines is 1. The molecular weight excluding hydrogens is 392 g/mol. The molecule has 0 radical (unpaired) electrons. The molecule has 1 saturated heterocycles. The molecule has 5 heterocycles. The molecule has 8 nitrogen and oxygen atoms in total. The maximum absolute atomic E-state index is 5.65. The number of anilines is 1. The van der Waals surface area contributed by atoms with Gasteiger partial charge in [0, 0.05) is 41.6 Å². The van der Waals surface area contributed by atoms with Gasteiger partial charge in [-0.15, -0.1) is 0 Å². The second kappa shape index (κ2) is 7.96. The molecule has 1 N–H and O–H groups in total. The Morgan fingerprint density at radius 2 is 2.10 bits per heavy atom. The smallest absolute Gasteiger partial charge is 0.221 e. The van der Waals surface area contributed by atoms with E-state index < -0.39 is 0 Å². The van der Waals surface area contributed by atoms with Gasteiger partial charge < -0.3 is 14.4 Å². The van der Waals surface area contributed by atoms with Crippen molar-refractivity contribution >= 4 is 16.7 Å². The Kier molecular flexibility index (Phi) is 4.99. The summed E-state index contributed by atoms with van der Waals surface area (Å²) in [6.07, 6.45) is 5.34. The van der Waals surface area contributed by atoms with E-state index in [-0.39, 0.29) is 6.04 Å². The number of aromatic nitrogens is 5. The Morgan fingerprint density at radius 1 is 1.19 bits per heavy atom. The number of pyridine rings is 3. The lowest BCUT2D eigenvalue weighted by atomic mass is 9.97. The zero-order chi connectivity index (χ0) is 21.4. The first kappa shape index (κ1) is 19.4. The summed E-state index contributed by atoms with van der Waals surface area (Å²) in [6, 6.07) is 8.22. The van der Waals surface area contributed by atoms with Gasteiger partial charge in [-0.2, -0.15) is 5.10 Å². The van der Waals surface area contributed by atoms with Gasteiger partial charge in [0.25, 0.3) is 0 Å². The first-order valence-corrected chi connectivity index (χ1v) is 10.3. The molecule has 31 heavy (non-hydrogen) atoms. The number of hydrogen-bond acceptors (Lipinski definition) is 7. The Morgan fingerprint density at radius 3 is 2.87 bits per heavy atom. The lowest BCUT2D eigenvalue weighted by Gasteiger charge is -2.34. The summed E-state index contributed by atoms with van der Waals surface area (Å²) in [6.45, 7) is 6.33. The third kappa shape index (κ3) is 3.38. The summed E-state index contributed by atoms with van der Waals surface area (Å²) in [5.74, 6) is 1.47. The molecule has 1 unspecified atom stereocenters. The van der Waals surface area contributed by atoms with Crippen molar-refractivity contribution in [1.29, 1.82) is 0 Å². The first-order valence-electron chi connectivity index (χ1n) is 10.3. The van der Waals surface area contributed by atoms with Crippen LogP contribution in [0.1, 0.15) is 12.5 Å². The monoisotopic (exact) mass is 416 g/mol. The van der Waals surface area contributed by atoms with E-state index in [1.54, 1.807) is 19.5 Å². The molecule has 4 aromatic rings. The number of hydrogen-bond donors (Lipinski definition) is 1. The van der Waals surface area contributed by atoms with Crippen LogP contribution in [0.2, 0.25) is 0 Å². The van der Waals surface area contributed by atoms with Crippen molar-refractivity contribution in [3.63, 3.8) is 0 Å². The maximum Gasteiger partial charge on any atom is 0.221 e. The van der Waals surface area contributed by atoms with E-state index in [4.69, 9.17) is 19.4 Å². The van der Waals surface area contributed by atoms with E-state index in [1.807, 2.05) is 24.4 Å². The van der Waals surface area contributed by atoms with Crippen molar-refractivity contribution in [3.8, 4) is 28.4 Å². The third-order valence-electron chi connectivity index (χ3n) is 5.68. The molecule has 0 aliphatic carbocycles. The average molecular weight is 416 g/mol. The topological polar surface area (TPSA) is 89.0 Å². The van der Waals surface area contributed by atoms with Crippen LogP contribution in [0, 0.1) is 6.92 Å². The molecule has 0 bridgehead atoms. The maximum atomic E-state index is 5.65.